The average Bonchev–Trinajstić information content (AvgIpc) is 3.29. The van der Waals surface area contributed by atoms with E-state index in [1.807, 2.05) is 0 Å². The zero-order valence-corrected chi connectivity index (χ0v) is 41.0. The lowest BCUT2D eigenvalue weighted by Crippen LogP contribution is -2.60. The van der Waals surface area contributed by atoms with E-state index in [9.17, 15) is 40.5 Å². The van der Waals surface area contributed by atoms with E-state index in [4.69, 9.17) is 9.47 Å². The van der Waals surface area contributed by atoms with Crippen LogP contribution in [-0.2, 0) is 14.3 Å². The van der Waals surface area contributed by atoms with Crippen LogP contribution in [0, 0.1) is 0 Å². The van der Waals surface area contributed by atoms with Crippen molar-refractivity contribution in [2.45, 2.75) is 294 Å². The van der Waals surface area contributed by atoms with Gasteiger partial charge in [-0.3, -0.25) is 4.79 Å². The maximum Gasteiger partial charge on any atom is 0.249 e. The Kier molecular flexibility index (Phi) is 40.6. The van der Waals surface area contributed by atoms with Gasteiger partial charge < -0.3 is 50.5 Å². The number of unbranched alkanes of at least 4 members (excludes halogenated alkanes) is 29. The van der Waals surface area contributed by atoms with Crippen molar-refractivity contribution in [3.8, 4) is 0 Å². The van der Waals surface area contributed by atoms with Crippen molar-refractivity contribution < 1.29 is 50.0 Å². The monoisotopic (exact) mass is 912 g/mol. The minimum atomic E-state index is -1.66. The molecule has 0 aromatic rings. The fraction of sp³-hybridized carbons (Fsp3) is 0.906. The number of nitrogens with one attached hydrogen (secondary N) is 1. The topological polar surface area (TPSA) is 189 Å². The Morgan fingerprint density at radius 1 is 0.547 bits per heavy atom. The van der Waals surface area contributed by atoms with Crippen LogP contribution in [0.15, 0.2) is 24.3 Å². The van der Waals surface area contributed by atoms with Gasteiger partial charge in [0.05, 0.1) is 25.4 Å². The number of hydrogen-bond acceptors (Lipinski definition) is 10. The van der Waals surface area contributed by atoms with E-state index in [0.29, 0.717) is 19.3 Å². The Morgan fingerprint density at radius 2 is 0.953 bits per heavy atom. The second kappa shape index (κ2) is 42.9. The van der Waals surface area contributed by atoms with E-state index in [1.54, 1.807) is 0 Å². The van der Waals surface area contributed by atoms with Gasteiger partial charge in [0.25, 0.3) is 0 Å². The van der Waals surface area contributed by atoms with Crippen molar-refractivity contribution in [1.82, 2.24) is 5.32 Å². The third-order valence-electron chi connectivity index (χ3n) is 13.0. The number of amides is 1. The molecule has 378 valence electrons. The Hall–Kier alpha value is -1.41. The lowest BCUT2D eigenvalue weighted by Gasteiger charge is -2.40. The zero-order chi connectivity index (χ0) is 46.9. The molecule has 64 heavy (non-hydrogen) atoms. The largest absolute Gasteiger partial charge is 0.394 e. The number of ether oxygens (including phenoxy) is 2. The molecule has 1 aliphatic heterocycles. The lowest BCUT2D eigenvalue weighted by molar-refractivity contribution is -0.303. The minimum Gasteiger partial charge on any atom is -0.394 e. The summed E-state index contributed by atoms with van der Waals surface area (Å²) in [7, 11) is 0. The number of carbonyl (C=O) groups excluding carboxylic acids is 1. The predicted molar refractivity (Wildman–Crippen MR) is 261 cm³/mol. The highest BCUT2D eigenvalue weighted by molar-refractivity contribution is 5.80. The van der Waals surface area contributed by atoms with E-state index < -0.39 is 74.2 Å². The fourth-order valence-corrected chi connectivity index (χ4v) is 8.59. The van der Waals surface area contributed by atoms with Gasteiger partial charge in [0.1, 0.15) is 36.6 Å². The van der Waals surface area contributed by atoms with Crippen molar-refractivity contribution in [3.05, 3.63) is 24.3 Å². The van der Waals surface area contributed by atoms with E-state index >= 15 is 0 Å². The van der Waals surface area contributed by atoms with E-state index in [0.717, 1.165) is 44.9 Å². The summed E-state index contributed by atoms with van der Waals surface area (Å²) in [6.07, 6.45) is 38.3. The van der Waals surface area contributed by atoms with Gasteiger partial charge in [-0.2, -0.15) is 0 Å². The summed E-state index contributed by atoms with van der Waals surface area (Å²) in [5.41, 5.74) is 0. The summed E-state index contributed by atoms with van der Waals surface area (Å²) in [5.74, 6) is -0.698. The first-order valence-corrected chi connectivity index (χ1v) is 26.7. The molecule has 0 aliphatic carbocycles. The van der Waals surface area contributed by atoms with Gasteiger partial charge in [-0.05, 0) is 44.9 Å². The lowest BCUT2D eigenvalue weighted by atomic mass is 9.98. The van der Waals surface area contributed by atoms with Crippen LogP contribution in [0.4, 0.5) is 0 Å². The highest BCUT2D eigenvalue weighted by Gasteiger charge is 2.44. The summed E-state index contributed by atoms with van der Waals surface area (Å²) in [6, 6.07) is -1.17. The number of allylic oxidation sites excluding steroid dienone is 4. The van der Waals surface area contributed by atoms with Gasteiger partial charge in [0.2, 0.25) is 5.91 Å². The maximum absolute atomic E-state index is 13.1. The quantitative estimate of drug-likeness (QED) is 0.0216. The zero-order valence-electron chi connectivity index (χ0n) is 41.0. The van der Waals surface area contributed by atoms with Crippen LogP contribution < -0.4 is 5.32 Å². The third kappa shape index (κ3) is 31.5. The summed E-state index contributed by atoms with van der Waals surface area (Å²) >= 11 is 0. The summed E-state index contributed by atoms with van der Waals surface area (Å²) in [5, 5.41) is 75.7. The normalized spacial score (nSPS) is 21.2. The molecule has 0 bridgehead atoms. The van der Waals surface area contributed by atoms with Crippen molar-refractivity contribution >= 4 is 5.91 Å². The standard InChI is InChI=1S/C53H101NO10/c1-3-5-7-9-11-13-14-15-16-17-18-19-20-21-22-23-24-25-26-27-28-29-30-31-33-35-37-39-41-46(57)52(62)54-44(43-63-53-51(61)50(60)49(59)47(42-55)64-53)48(58)45(56)40-38-36-34-32-12-10-8-6-4-2/h18-19,21-22,44-51,53,55-61H,3-17,20,23-43H2,1-2H3,(H,54,62)/b19-18-,22-21-. The Balaban J connectivity index is 2.23. The van der Waals surface area contributed by atoms with E-state index in [2.05, 4.69) is 43.5 Å². The minimum absolute atomic E-state index is 0.259. The molecule has 1 rings (SSSR count). The molecule has 11 heteroatoms. The maximum atomic E-state index is 13.1. The van der Waals surface area contributed by atoms with Crippen molar-refractivity contribution in [1.29, 1.82) is 0 Å². The number of aliphatic hydroxyl groups excluding tert-OH is 7. The van der Waals surface area contributed by atoms with Crippen LogP contribution in [0.2, 0.25) is 0 Å². The molecule has 9 unspecified atom stereocenters. The van der Waals surface area contributed by atoms with Gasteiger partial charge in [0, 0.05) is 0 Å². The molecule has 1 aliphatic rings. The van der Waals surface area contributed by atoms with Crippen molar-refractivity contribution in [3.63, 3.8) is 0 Å². The molecule has 1 amide bonds. The molecule has 1 heterocycles. The van der Waals surface area contributed by atoms with Crippen LogP contribution >= 0.6 is 0 Å². The molecule has 0 aromatic heterocycles. The van der Waals surface area contributed by atoms with Gasteiger partial charge in [-0.25, -0.2) is 0 Å². The van der Waals surface area contributed by atoms with Crippen molar-refractivity contribution in [2.24, 2.45) is 0 Å². The molecule has 0 spiro atoms. The molecule has 8 N–H and O–H groups in total. The molecule has 11 nitrogen and oxygen atoms in total. The molecule has 0 saturated carbocycles. The van der Waals surface area contributed by atoms with E-state index in [1.165, 1.54) is 154 Å². The average molecular weight is 912 g/mol. The molecular formula is C53H101NO10. The molecule has 0 aromatic carbocycles. The Bertz CT molecular complexity index is 1090. The smallest absolute Gasteiger partial charge is 0.249 e. The first kappa shape index (κ1) is 60.6. The van der Waals surface area contributed by atoms with Crippen LogP contribution in [-0.4, -0.2) is 110 Å². The Morgan fingerprint density at radius 3 is 1.39 bits per heavy atom. The molecule has 1 fully saturated rings. The number of rotatable bonds is 45. The summed E-state index contributed by atoms with van der Waals surface area (Å²) in [4.78, 5) is 13.1. The molecule has 1 saturated heterocycles. The van der Waals surface area contributed by atoms with Gasteiger partial charge in [-0.1, -0.05) is 218 Å². The predicted octanol–water partition coefficient (Wildman–Crippen LogP) is 10.2. The van der Waals surface area contributed by atoms with Gasteiger partial charge in [0.15, 0.2) is 6.29 Å². The van der Waals surface area contributed by atoms with Crippen LogP contribution in [0.1, 0.15) is 239 Å². The van der Waals surface area contributed by atoms with Crippen LogP contribution in [0.25, 0.3) is 0 Å². The molecular weight excluding hydrogens is 811 g/mol. The van der Waals surface area contributed by atoms with Crippen molar-refractivity contribution in [2.75, 3.05) is 13.2 Å². The second-order valence-corrected chi connectivity index (χ2v) is 19.0. The van der Waals surface area contributed by atoms with E-state index in [-0.39, 0.29) is 6.42 Å². The summed E-state index contributed by atoms with van der Waals surface area (Å²) in [6.45, 7) is 3.42. The number of carbonyl (C=O) groups is 1. The fourth-order valence-electron chi connectivity index (χ4n) is 8.59. The van der Waals surface area contributed by atoms with Gasteiger partial charge >= 0.3 is 0 Å². The first-order valence-electron chi connectivity index (χ1n) is 26.7. The number of hydrogen-bond donors (Lipinski definition) is 8. The SMILES string of the molecule is CCCCCCCCCCC/C=C\C/C=C\CCCCCCCCCCCCCCC(O)C(=O)NC(COC1OC(CO)C(O)C(O)C1O)C(O)C(O)CCCCCCCCCCC. The summed E-state index contributed by atoms with van der Waals surface area (Å²) < 4.78 is 11.1. The second-order valence-electron chi connectivity index (χ2n) is 19.0. The van der Waals surface area contributed by atoms with Gasteiger partial charge in [-0.15, -0.1) is 0 Å². The van der Waals surface area contributed by atoms with Crippen LogP contribution in [0.3, 0.4) is 0 Å². The Labute approximate surface area is 391 Å². The highest BCUT2D eigenvalue weighted by atomic mass is 16.7. The molecule has 0 radical (unpaired) electrons. The third-order valence-corrected chi connectivity index (χ3v) is 13.0. The molecule has 9 atom stereocenters. The first-order chi connectivity index (χ1) is 31.2. The van der Waals surface area contributed by atoms with Crippen LogP contribution in [0.5, 0.6) is 0 Å². The highest BCUT2D eigenvalue weighted by Crippen LogP contribution is 2.23. The number of aliphatic hydroxyl groups is 7.